The summed E-state index contributed by atoms with van der Waals surface area (Å²) in [4.78, 5) is 0.206. The average Bonchev–Trinajstić information content (AvgIpc) is 2.38. The van der Waals surface area contributed by atoms with E-state index in [0.29, 0.717) is 24.5 Å². The molecule has 0 aromatic heterocycles. The van der Waals surface area contributed by atoms with E-state index < -0.39 is 15.7 Å². The average molecular weight is 309 g/mol. The largest absolute Gasteiger partial charge is 0.457 e. The Morgan fingerprint density at radius 3 is 2.33 bits per heavy atom. The van der Waals surface area contributed by atoms with Crippen LogP contribution in [0, 0.1) is 5.82 Å². The maximum atomic E-state index is 13.5. The van der Waals surface area contributed by atoms with Gasteiger partial charge in [0.25, 0.3) is 0 Å². The number of nitrogens with two attached hydrogens (primary N) is 1. The van der Waals surface area contributed by atoms with Crippen LogP contribution in [0.2, 0.25) is 0 Å². The smallest absolute Gasteiger partial charge is 0.175 e. The van der Waals surface area contributed by atoms with Gasteiger partial charge in [0.2, 0.25) is 0 Å². The Kier molecular flexibility index (Phi) is 4.59. The van der Waals surface area contributed by atoms with Gasteiger partial charge in [-0.25, -0.2) is 12.8 Å². The third-order valence-corrected chi connectivity index (χ3v) is 3.98. The van der Waals surface area contributed by atoms with Crippen LogP contribution < -0.4 is 10.5 Å². The highest BCUT2D eigenvalue weighted by Crippen LogP contribution is 2.25. The van der Waals surface area contributed by atoms with Crippen molar-refractivity contribution in [3.8, 4) is 11.5 Å². The van der Waals surface area contributed by atoms with E-state index >= 15 is 0 Å². The molecule has 0 saturated carbocycles. The number of rotatable bonds is 5. The predicted octanol–water partition coefficient (Wildman–Crippen LogP) is 2.52. The van der Waals surface area contributed by atoms with Crippen molar-refractivity contribution in [2.24, 2.45) is 5.73 Å². The first-order valence-electron chi connectivity index (χ1n) is 6.36. The molecule has 0 spiro atoms. The van der Waals surface area contributed by atoms with Crippen LogP contribution in [0.3, 0.4) is 0 Å². The lowest BCUT2D eigenvalue weighted by Gasteiger charge is -2.08. The van der Waals surface area contributed by atoms with Crippen molar-refractivity contribution in [2.75, 3.05) is 12.8 Å². The van der Waals surface area contributed by atoms with E-state index in [0.717, 1.165) is 11.8 Å². The minimum Gasteiger partial charge on any atom is -0.457 e. The van der Waals surface area contributed by atoms with Crippen LogP contribution >= 0.6 is 0 Å². The first-order chi connectivity index (χ1) is 9.88. The number of halogens is 1. The fourth-order valence-corrected chi connectivity index (χ4v) is 2.51. The van der Waals surface area contributed by atoms with Crippen LogP contribution in [0.1, 0.15) is 5.56 Å². The molecule has 0 amide bonds. The van der Waals surface area contributed by atoms with Crippen molar-refractivity contribution in [1.29, 1.82) is 0 Å². The van der Waals surface area contributed by atoms with Gasteiger partial charge in [-0.15, -0.1) is 0 Å². The van der Waals surface area contributed by atoms with Crippen LogP contribution in [-0.2, 0) is 16.3 Å². The monoisotopic (exact) mass is 309 g/mol. The van der Waals surface area contributed by atoms with Gasteiger partial charge < -0.3 is 10.5 Å². The van der Waals surface area contributed by atoms with Crippen molar-refractivity contribution in [3.05, 3.63) is 53.8 Å². The minimum absolute atomic E-state index is 0.206. The molecule has 2 aromatic carbocycles. The predicted molar refractivity (Wildman–Crippen MR) is 78.8 cm³/mol. The lowest BCUT2D eigenvalue weighted by molar-refractivity contribution is 0.475. The maximum absolute atomic E-state index is 13.5. The second kappa shape index (κ2) is 6.24. The molecule has 0 saturated heterocycles. The normalized spacial score (nSPS) is 11.4. The molecule has 0 aliphatic heterocycles. The minimum atomic E-state index is -3.24. The van der Waals surface area contributed by atoms with E-state index in [2.05, 4.69) is 0 Å². The van der Waals surface area contributed by atoms with E-state index in [-0.39, 0.29) is 4.90 Å². The van der Waals surface area contributed by atoms with Gasteiger partial charge in [-0.05, 0) is 54.9 Å². The van der Waals surface area contributed by atoms with E-state index in [1.807, 2.05) is 0 Å². The molecule has 0 aliphatic rings. The summed E-state index contributed by atoms with van der Waals surface area (Å²) in [7, 11) is -3.24. The Bertz CT molecular complexity index is 727. The first-order valence-corrected chi connectivity index (χ1v) is 8.25. The van der Waals surface area contributed by atoms with E-state index in [1.54, 1.807) is 6.07 Å². The Balaban J connectivity index is 2.22. The van der Waals surface area contributed by atoms with Crippen LogP contribution in [0.15, 0.2) is 47.4 Å². The number of sulfone groups is 1. The molecule has 0 unspecified atom stereocenters. The summed E-state index contributed by atoms with van der Waals surface area (Å²) in [6.45, 7) is 0.423. The molecule has 2 aromatic rings. The number of benzene rings is 2. The standard InChI is InChI=1S/C15H16FNO3S/c1-21(18,19)15-4-2-13(3-5-15)20-14-9-11(6-7-17)8-12(16)10-14/h2-5,8-10H,6-7,17H2,1H3. The second-order valence-electron chi connectivity index (χ2n) is 4.68. The summed E-state index contributed by atoms with van der Waals surface area (Å²) < 4.78 is 41.7. The molecule has 112 valence electrons. The summed E-state index contributed by atoms with van der Waals surface area (Å²) in [5, 5.41) is 0. The number of hydrogen-bond acceptors (Lipinski definition) is 4. The zero-order valence-electron chi connectivity index (χ0n) is 11.5. The van der Waals surface area contributed by atoms with Gasteiger partial charge >= 0.3 is 0 Å². The van der Waals surface area contributed by atoms with Gasteiger partial charge in [0.05, 0.1) is 4.90 Å². The highest BCUT2D eigenvalue weighted by molar-refractivity contribution is 7.90. The zero-order valence-corrected chi connectivity index (χ0v) is 12.4. The lowest BCUT2D eigenvalue weighted by Crippen LogP contribution is -2.03. The number of ether oxygens (including phenoxy) is 1. The molecule has 0 fully saturated rings. The lowest BCUT2D eigenvalue weighted by atomic mass is 10.1. The molecule has 2 N–H and O–H groups in total. The molecule has 0 radical (unpaired) electrons. The highest BCUT2D eigenvalue weighted by atomic mass is 32.2. The maximum Gasteiger partial charge on any atom is 0.175 e. The number of hydrogen-bond donors (Lipinski definition) is 1. The van der Waals surface area contributed by atoms with Crippen LogP contribution in [0.5, 0.6) is 11.5 Å². The molecule has 21 heavy (non-hydrogen) atoms. The fraction of sp³-hybridized carbons (Fsp3) is 0.200. The zero-order chi connectivity index (χ0) is 15.5. The Labute approximate surface area is 123 Å². The van der Waals surface area contributed by atoms with Gasteiger partial charge in [-0.1, -0.05) is 0 Å². The Hall–Kier alpha value is -1.92. The second-order valence-corrected chi connectivity index (χ2v) is 6.70. The van der Waals surface area contributed by atoms with Crippen LogP contribution in [0.4, 0.5) is 4.39 Å². The van der Waals surface area contributed by atoms with Crippen molar-refractivity contribution in [2.45, 2.75) is 11.3 Å². The van der Waals surface area contributed by atoms with Crippen molar-refractivity contribution >= 4 is 9.84 Å². The third-order valence-electron chi connectivity index (χ3n) is 2.85. The van der Waals surface area contributed by atoms with Gasteiger partial charge in [0.15, 0.2) is 9.84 Å². The Morgan fingerprint density at radius 1 is 1.10 bits per heavy atom. The summed E-state index contributed by atoms with van der Waals surface area (Å²) >= 11 is 0. The van der Waals surface area contributed by atoms with E-state index in [4.69, 9.17) is 10.5 Å². The summed E-state index contributed by atoms with van der Waals surface area (Å²) in [6.07, 6.45) is 1.69. The highest BCUT2D eigenvalue weighted by Gasteiger charge is 2.07. The van der Waals surface area contributed by atoms with Crippen molar-refractivity contribution < 1.29 is 17.5 Å². The molecular formula is C15H16FNO3S. The Morgan fingerprint density at radius 2 is 1.76 bits per heavy atom. The fourth-order valence-electron chi connectivity index (χ4n) is 1.88. The van der Waals surface area contributed by atoms with Crippen LogP contribution in [-0.4, -0.2) is 21.2 Å². The molecule has 6 heteroatoms. The van der Waals surface area contributed by atoms with Gasteiger partial charge in [-0.2, -0.15) is 0 Å². The van der Waals surface area contributed by atoms with E-state index in [9.17, 15) is 12.8 Å². The quantitative estimate of drug-likeness (QED) is 0.921. The molecule has 0 atom stereocenters. The van der Waals surface area contributed by atoms with Crippen LogP contribution in [0.25, 0.3) is 0 Å². The molecule has 4 nitrogen and oxygen atoms in total. The van der Waals surface area contributed by atoms with Gasteiger partial charge in [0, 0.05) is 12.3 Å². The molecule has 0 aliphatic carbocycles. The summed E-state index contributed by atoms with van der Waals surface area (Å²) in [5.41, 5.74) is 6.20. The van der Waals surface area contributed by atoms with Crippen molar-refractivity contribution in [3.63, 3.8) is 0 Å². The summed E-state index contributed by atoms with van der Waals surface area (Å²) in [5.74, 6) is 0.390. The van der Waals surface area contributed by atoms with Gasteiger partial charge in [0.1, 0.15) is 17.3 Å². The van der Waals surface area contributed by atoms with Crippen molar-refractivity contribution in [1.82, 2.24) is 0 Å². The SMILES string of the molecule is CS(=O)(=O)c1ccc(Oc2cc(F)cc(CCN)c2)cc1. The third kappa shape index (κ3) is 4.27. The molecule has 2 rings (SSSR count). The molecule has 0 bridgehead atoms. The van der Waals surface area contributed by atoms with Gasteiger partial charge in [-0.3, -0.25) is 0 Å². The topological polar surface area (TPSA) is 69.4 Å². The summed E-state index contributed by atoms with van der Waals surface area (Å²) in [6, 6.07) is 10.3. The molecule has 0 heterocycles. The van der Waals surface area contributed by atoms with E-state index in [1.165, 1.54) is 36.4 Å². The first kappa shape index (κ1) is 15.5. The molecular weight excluding hydrogens is 293 g/mol.